The molecule has 11 nitrogen and oxygen atoms in total. The van der Waals surface area contributed by atoms with E-state index in [-0.39, 0.29) is 24.9 Å². The molecule has 0 aromatic heterocycles. The monoisotopic (exact) mass is 581 g/mol. The summed E-state index contributed by atoms with van der Waals surface area (Å²) in [7, 11) is 0. The number of likely N-dealkylation sites (tertiary alicyclic amines) is 2. The zero-order valence-electron chi connectivity index (χ0n) is 24.7. The van der Waals surface area contributed by atoms with Crippen molar-refractivity contribution in [2.45, 2.75) is 102 Å². The molecule has 2 saturated heterocycles. The molecule has 2 N–H and O–H groups in total. The van der Waals surface area contributed by atoms with Gasteiger partial charge in [-0.15, -0.1) is 0 Å². The smallest absolute Gasteiger partial charge is 0.410 e. The molecule has 5 rings (SSSR count). The number of fused-ring (bicyclic) bond motifs is 1. The van der Waals surface area contributed by atoms with Crippen molar-refractivity contribution >= 4 is 29.6 Å². The number of hydrogen-bond acceptors (Lipinski definition) is 7. The van der Waals surface area contributed by atoms with E-state index < -0.39 is 47.9 Å². The lowest BCUT2D eigenvalue weighted by molar-refractivity contribution is -0.144. The molecule has 42 heavy (non-hydrogen) atoms. The van der Waals surface area contributed by atoms with E-state index in [1.807, 2.05) is 32.0 Å². The first kappa shape index (κ1) is 30.0. The van der Waals surface area contributed by atoms with Crippen LogP contribution in [0.5, 0.6) is 0 Å². The van der Waals surface area contributed by atoms with Gasteiger partial charge in [-0.1, -0.05) is 37.6 Å². The summed E-state index contributed by atoms with van der Waals surface area (Å²) < 4.78 is 5.89. The maximum Gasteiger partial charge on any atom is 0.410 e. The lowest BCUT2D eigenvalue weighted by Gasteiger charge is -2.31. The third-order valence-electron chi connectivity index (χ3n) is 8.90. The molecule has 1 aliphatic carbocycles. The maximum atomic E-state index is 13.7. The van der Waals surface area contributed by atoms with E-state index in [9.17, 15) is 24.0 Å². The predicted molar refractivity (Wildman–Crippen MR) is 154 cm³/mol. The summed E-state index contributed by atoms with van der Waals surface area (Å²) in [4.78, 5) is 71.2. The number of Topliss-reactive ketones (excluding diaryl/α,β-unsaturated/α-hetero) is 1. The van der Waals surface area contributed by atoms with E-state index in [0.717, 1.165) is 50.8 Å². The molecule has 1 saturated carbocycles. The Bertz CT molecular complexity index is 1200. The van der Waals surface area contributed by atoms with Crippen molar-refractivity contribution in [3.63, 3.8) is 0 Å². The number of carbonyl (C=O) groups excluding carboxylic acids is 5. The normalized spacial score (nSPS) is 23.6. The van der Waals surface area contributed by atoms with Crippen LogP contribution in [-0.2, 0) is 36.9 Å². The highest BCUT2D eigenvalue weighted by Gasteiger charge is 2.45. The molecule has 1 aromatic carbocycles. The van der Waals surface area contributed by atoms with Crippen molar-refractivity contribution in [3.05, 3.63) is 35.4 Å². The van der Waals surface area contributed by atoms with Crippen LogP contribution < -0.4 is 10.6 Å². The summed E-state index contributed by atoms with van der Waals surface area (Å²) in [5, 5.41) is 5.47. The largest absolute Gasteiger partial charge is 0.444 e. The van der Waals surface area contributed by atoms with E-state index in [1.165, 1.54) is 10.5 Å². The Morgan fingerprint density at radius 3 is 2.43 bits per heavy atom. The molecule has 3 unspecified atom stereocenters. The van der Waals surface area contributed by atoms with E-state index in [1.54, 1.807) is 4.90 Å². The van der Waals surface area contributed by atoms with E-state index in [0.29, 0.717) is 25.9 Å². The van der Waals surface area contributed by atoms with Crippen LogP contribution in [0, 0.1) is 0 Å². The molecule has 4 atom stereocenters. The van der Waals surface area contributed by atoms with Gasteiger partial charge in [-0.25, -0.2) is 4.79 Å². The molecule has 0 radical (unpaired) electrons. The molecule has 3 fully saturated rings. The van der Waals surface area contributed by atoms with Crippen LogP contribution in [0.25, 0.3) is 0 Å². The summed E-state index contributed by atoms with van der Waals surface area (Å²) in [6.45, 7) is 6.43. The van der Waals surface area contributed by atoms with E-state index in [4.69, 9.17) is 4.74 Å². The van der Waals surface area contributed by atoms with E-state index >= 15 is 0 Å². The number of ketones is 1. The topological polar surface area (TPSA) is 128 Å². The minimum atomic E-state index is -0.982. The fourth-order valence-electron chi connectivity index (χ4n) is 6.24. The Balaban J connectivity index is 1.27. The summed E-state index contributed by atoms with van der Waals surface area (Å²) in [5.41, 5.74) is 2.30. The van der Waals surface area contributed by atoms with Crippen molar-refractivity contribution in [3.8, 4) is 0 Å². The fraction of sp³-hybridized carbons (Fsp3) is 0.645. The zero-order valence-corrected chi connectivity index (χ0v) is 24.7. The number of ether oxygens (including phenoxy) is 1. The Morgan fingerprint density at radius 1 is 1.02 bits per heavy atom. The number of benzene rings is 1. The van der Waals surface area contributed by atoms with Gasteiger partial charge >= 0.3 is 6.09 Å². The van der Waals surface area contributed by atoms with Gasteiger partial charge in [0, 0.05) is 25.6 Å². The minimum Gasteiger partial charge on any atom is -0.444 e. The van der Waals surface area contributed by atoms with Crippen LogP contribution in [0.2, 0.25) is 0 Å². The van der Waals surface area contributed by atoms with Gasteiger partial charge in [0.2, 0.25) is 17.6 Å². The number of carbonyl (C=O) groups is 5. The molecule has 4 amide bonds. The summed E-state index contributed by atoms with van der Waals surface area (Å²) >= 11 is 0. The Kier molecular flexibility index (Phi) is 9.45. The lowest BCUT2D eigenvalue weighted by Crippen LogP contribution is -2.55. The number of nitrogens with one attached hydrogen (secondary N) is 2. The summed E-state index contributed by atoms with van der Waals surface area (Å²) in [6, 6.07) is 5.71. The van der Waals surface area contributed by atoms with Crippen molar-refractivity contribution in [1.82, 2.24) is 25.3 Å². The second-order valence-corrected chi connectivity index (χ2v) is 12.1. The van der Waals surface area contributed by atoms with Gasteiger partial charge in [-0.2, -0.15) is 0 Å². The second-order valence-electron chi connectivity index (χ2n) is 12.1. The first-order valence-electron chi connectivity index (χ1n) is 15.5. The average Bonchev–Trinajstić information content (AvgIpc) is 3.45. The third kappa shape index (κ3) is 6.94. The molecule has 11 heteroatoms. The fourth-order valence-corrected chi connectivity index (χ4v) is 6.24. The van der Waals surface area contributed by atoms with Crippen LogP contribution >= 0.6 is 0 Å². The molecule has 1 aromatic rings. The molecule has 3 heterocycles. The maximum absolute atomic E-state index is 13.7. The molecular formula is C31H43N5O6. The second kappa shape index (κ2) is 13.2. The van der Waals surface area contributed by atoms with Gasteiger partial charge in [0.05, 0.1) is 18.6 Å². The number of hydrogen-bond donors (Lipinski definition) is 2. The van der Waals surface area contributed by atoms with Crippen LogP contribution in [0.15, 0.2) is 24.3 Å². The van der Waals surface area contributed by atoms with Gasteiger partial charge in [0.1, 0.15) is 12.1 Å². The van der Waals surface area contributed by atoms with Crippen molar-refractivity contribution in [2.75, 3.05) is 26.2 Å². The van der Waals surface area contributed by atoms with Crippen LogP contribution in [-0.4, -0.2) is 101 Å². The number of amides is 4. The number of rotatable bonds is 10. The first-order valence-corrected chi connectivity index (χ1v) is 15.5. The van der Waals surface area contributed by atoms with Crippen molar-refractivity contribution < 1.29 is 28.7 Å². The van der Waals surface area contributed by atoms with Gasteiger partial charge in [-0.05, 0) is 69.7 Å². The molecule has 4 aliphatic rings. The Labute approximate surface area is 247 Å². The number of nitrogens with zero attached hydrogens (tertiary/aromatic N) is 3. The molecule has 0 bridgehead atoms. The van der Waals surface area contributed by atoms with Crippen LogP contribution in [0.4, 0.5) is 4.79 Å². The first-order chi connectivity index (χ1) is 20.2. The molecule has 228 valence electrons. The molecule has 3 aliphatic heterocycles. The standard InChI is InChI=1S/C31H43N5O6/c1-3-8-25(27(37)29(39)32-23-11-12-23)33-28(38)26-17-24(19-36(26)30(40)20(2)34-14-6-7-15-34)42-31(41)35-16-13-21-9-4-5-10-22(21)18-35/h4-5,9-10,20,23-26H,3,6-8,11-19H2,1-2H3,(H,32,39)(H,33,38)/t20?,24?,25?,26-/m0/s1. The van der Waals surface area contributed by atoms with Gasteiger partial charge in [0.15, 0.2) is 0 Å². The van der Waals surface area contributed by atoms with Crippen LogP contribution in [0.1, 0.15) is 69.9 Å². The highest BCUT2D eigenvalue weighted by atomic mass is 16.6. The average molecular weight is 582 g/mol. The van der Waals surface area contributed by atoms with Crippen LogP contribution in [0.3, 0.4) is 0 Å². The summed E-state index contributed by atoms with van der Waals surface area (Å²) in [6.07, 6.45) is 4.36. The molecule has 0 spiro atoms. The molecular weight excluding hydrogens is 538 g/mol. The van der Waals surface area contributed by atoms with Crippen molar-refractivity contribution in [1.29, 1.82) is 0 Å². The summed E-state index contributed by atoms with van der Waals surface area (Å²) in [5.74, 6) is -2.07. The van der Waals surface area contributed by atoms with Crippen molar-refractivity contribution in [2.24, 2.45) is 0 Å². The highest BCUT2D eigenvalue weighted by Crippen LogP contribution is 2.26. The highest BCUT2D eigenvalue weighted by molar-refractivity contribution is 6.38. The van der Waals surface area contributed by atoms with E-state index in [2.05, 4.69) is 21.6 Å². The predicted octanol–water partition coefficient (Wildman–Crippen LogP) is 1.77. The third-order valence-corrected chi connectivity index (χ3v) is 8.90. The Morgan fingerprint density at radius 2 is 1.74 bits per heavy atom. The van der Waals surface area contributed by atoms with Gasteiger partial charge in [0.25, 0.3) is 5.91 Å². The van der Waals surface area contributed by atoms with Gasteiger partial charge in [-0.3, -0.25) is 24.1 Å². The lowest BCUT2D eigenvalue weighted by atomic mass is 10.0. The quantitative estimate of drug-likeness (QED) is 0.403. The minimum absolute atomic E-state index is 0.0262. The Hall–Kier alpha value is -3.47. The van der Waals surface area contributed by atoms with Gasteiger partial charge < -0.3 is 25.2 Å². The SMILES string of the molecule is CCCC(NC(=O)[C@@H]1CC(OC(=O)N2CCc3ccccc3C2)CN1C(=O)C(C)N1CCCC1)C(=O)C(=O)NC1CC1. The zero-order chi connectivity index (χ0) is 29.8.